The van der Waals surface area contributed by atoms with Crippen molar-refractivity contribution in [1.29, 1.82) is 0 Å². The van der Waals surface area contributed by atoms with Crippen molar-refractivity contribution < 1.29 is 9.84 Å². The summed E-state index contributed by atoms with van der Waals surface area (Å²) in [7, 11) is 1.57. The van der Waals surface area contributed by atoms with Gasteiger partial charge in [-0.1, -0.05) is 12.1 Å². The van der Waals surface area contributed by atoms with Crippen molar-refractivity contribution in [3.05, 3.63) is 41.2 Å². The number of aliphatic hydroxyl groups is 1. The van der Waals surface area contributed by atoms with Gasteiger partial charge in [-0.15, -0.1) is 0 Å². The molecular formula is C10H11NO2. The normalized spacial score (nSPS) is 11.8. The molecule has 0 aliphatic rings. The number of nitrogens with zero attached hydrogens (tertiary/aromatic N) is 1. The number of ether oxygens (including phenoxy) is 1. The molecule has 1 aromatic carbocycles. The molecule has 3 nitrogen and oxygen atoms in total. The van der Waals surface area contributed by atoms with Crippen LogP contribution < -0.4 is 4.74 Å². The van der Waals surface area contributed by atoms with E-state index in [0.717, 1.165) is 5.56 Å². The molecule has 0 aromatic heterocycles. The summed E-state index contributed by atoms with van der Waals surface area (Å²) < 4.78 is 4.99. The van der Waals surface area contributed by atoms with Crippen molar-refractivity contribution in [3.8, 4) is 5.75 Å². The van der Waals surface area contributed by atoms with E-state index < -0.39 is 6.10 Å². The highest BCUT2D eigenvalue weighted by atomic mass is 16.5. The van der Waals surface area contributed by atoms with Gasteiger partial charge < -0.3 is 14.7 Å². The van der Waals surface area contributed by atoms with Crippen LogP contribution in [0.3, 0.4) is 0 Å². The first kappa shape index (κ1) is 9.56. The highest BCUT2D eigenvalue weighted by Gasteiger charge is 2.09. The molecule has 0 heterocycles. The van der Waals surface area contributed by atoms with Gasteiger partial charge in [0, 0.05) is 0 Å². The van der Waals surface area contributed by atoms with Gasteiger partial charge in [0.15, 0.2) is 6.10 Å². The second-order valence-electron chi connectivity index (χ2n) is 2.63. The Labute approximate surface area is 77.4 Å². The molecule has 1 N–H and O–H groups in total. The highest BCUT2D eigenvalue weighted by molar-refractivity contribution is 5.30. The van der Waals surface area contributed by atoms with E-state index in [4.69, 9.17) is 11.3 Å². The lowest BCUT2D eigenvalue weighted by Crippen LogP contribution is -2.00. The quantitative estimate of drug-likeness (QED) is 0.712. The number of hydrogen-bond donors (Lipinski definition) is 1. The maximum Gasteiger partial charge on any atom is 0.244 e. The van der Waals surface area contributed by atoms with Crippen molar-refractivity contribution in [2.24, 2.45) is 0 Å². The Balaban J connectivity index is 2.83. The van der Waals surface area contributed by atoms with Crippen LogP contribution in [-0.4, -0.2) is 18.8 Å². The number of methoxy groups -OCH3 is 1. The Bertz CT molecular complexity index is 317. The van der Waals surface area contributed by atoms with Gasteiger partial charge in [0.2, 0.25) is 6.54 Å². The Morgan fingerprint density at radius 1 is 1.62 bits per heavy atom. The van der Waals surface area contributed by atoms with Gasteiger partial charge in [-0.3, -0.25) is 0 Å². The first-order valence-corrected chi connectivity index (χ1v) is 3.93. The summed E-state index contributed by atoms with van der Waals surface area (Å²) in [6, 6.07) is 7.10. The molecule has 1 atom stereocenters. The zero-order valence-corrected chi connectivity index (χ0v) is 7.40. The predicted molar refractivity (Wildman–Crippen MR) is 49.4 cm³/mol. The first-order chi connectivity index (χ1) is 6.27. The maximum absolute atomic E-state index is 9.47. The zero-order valence-electron chi connectivity index (χ0n) is 7.40. The van der Waals surface area contributed by atoms with Gasteiger partial charge in [-0.25, -0.2) is 6.57 Å². The van der Waals surface area contributed by atoms with Crippen LogP contribution in [0.15, 0.2) is 24.3 Å². The average Bonchev–Trinajstić information content (AvgIpc) is 2.18. The number of aliphatic hydroxyl groups excluding tert-OH is 1. The number of hydrogen-bond acceptors (Lipinski definition) is 2. The highest BCUT2D eigenvalue weighted by Crippen LogP contribution is 2.18. The minimum atomic E-state index is -0.715. The zero-order chi connectivity index (χ0) is 9.68. The largest absolute Gasteiger partial charge is 0.497 e. The van der Waals surface area contributed by atoms with Gasteiger partial charge in [-0.05, 0) is 17.7 Å². The van der Waals surface area contributed by atoms with Crippen LogP contribution in [0, 0.1) is 6.57 Å². The topological polar surface area (TPSA) is 33.8 Å². The molecule has 3 heteroatoms. The molecule has 0 aliphatic carbocycles. The van der Waals surface area contributed by atoms with Crippen LogP contribution in [0.5, 0.6) is 5.75 Å². The fraction of sp³-hybridized carbons (Fsp3) is 0.300. The molecule has 0 radical (unpaired) electrons. The Hall–Kier alpha value is -1.53. The van der Waals surface area contributed by atoms with Gasteiger partial charge in [-0.2, -0.15) is 0 Å². The second-order valence-corrected chi connectivity index (χ2v) is 2.63. The smallest absolute Gasteiger partial charge is 0.244 e. The van der Waals surface area contributed by atoms with Crippen LogP contribution in [0.4, 0.5) is 0 Å². The summed E-state index contributed by atoms with van der Waals surface area (Å²) in [4.78, 5) is 3.13. The van der Waals surface area contributed by atoms with Crippen LogP contribution >= 0.6 is 0 Å². The molecule has 1 unspecified atom stereocenters. The van der Waals surface area contributed by atoms with Crippen molar-refractivity contribution in [2.45, 2.75) is 6.10 Å². The van der Waals surface area contributed by atoms with Crippen molar-refractivity contribution in [1.82, 2.24) is 0 Å². The number of rotatable bonds is 3. The molecule has 1 aromatic rings. The van der Waals surface area contributed by atoms with Gasteiger partial charge >= 0.3 is 0 Å². The minimum Gasteiger partial charge on any atom is -0.497 e. The summed E-state index contributed by atoms with van der Waals surface area (Å²) in [5.74, 6) is 0.696. The maximum atomic E-state index is 9.47. The molecule has 68 valence electrons. The molecule has 0 fully saturated rings. The molecular weight excluding hydrogens is 166 g/mol. The molecule has 1 rings (SSSR count). The van der Waals surface area contributed by atoms with Crippen LogP contribution in [0.25, 0.3) is 4.85 Å². The molecule has 0 saturated heterocycles. The first-order valence-electron chi connectivity index (χ1n) is 3.93. The predicted octanol–water partition coefficient (Wildman–Crippen LogP) is 1.65. The lowest BCUT2D eigenvalue weighted by molar-refractivity contribution is 0.195. The summed E-state index contributed by atoms with van der Waals surface area (Å²) in [6.07, 6.45) is -0.715. The summed E-state index contributed by atoms with van der Waals surface area (Å²) in [5.41, 5.74) is 0.718. The van der Waals surface area contributed by atoms with E-state index in [1.165, 1.54) is 0 Å². The third-order valence-electron chi connectivity index (χ3n) is 1.74. The Morgan fingerprint density at radius 2 is 2.38 bits per heavy atom. The van der Waals surface area contributed by atoms with Gasteiger partial charge in [0.1, 0.15) is 5.75 Å². The van der Waals surface area contributed by atoms with Crippen molar-refractivity contribution in [2.75, 3.05) is 13.7 Å². The summed E-state index contributed by atoms with van der Waals surface area (Å²) in [5, 5.41) is 9.47. The SMILES string of the molecule is [C-]#[N+]CC(O)c1cccc(OC)c1. The monoisotopic (exact) mass is 177 g/mol. The van der Waals surface area contributed by atoms with E-state index in [9.17, 15) is 5.11 Å². The lowest BCUT2D eigenvalue weighted by Gasteiger charge is -2.06. The Kier molecular flexibility index (Phi) is 3.30. The van der Waals surface area contributed by atoms with E-state index in [0.29, 0.717) is 5.75 Å². The Morgan fingerprint density at radius 3 is 3.00 bits per heavy atom. The van der Waals surface area contributed by atoms with E-state index >= 15 is 0 Å². The average molecular weight is 177 g/mol. The van der Waals surface area contributed by atoms with Gasteiger partial charge in [0.05, 0.1) is 7.11 Å². The standard InChI is InChI=1S/C10H11NO2/c1-11-7-10(12)8-4-3-5-9(6-8)13-2/h3-6,10,12H,7H2,2H3. The van der Waals surface area contributed by atoms with Crippen LogP contribution in [-0.2, 0) is 0 Å². The number of benzene rings is 1. The summed E-state index contributed by atoms with van der Waals surface area (Å²) in [6.45, 7) is 6.71. The van der Waals surface area contributed by atoms with Crippen molar-refractivity contribution >= 4 is 0 Å². The van der Waals surface area contributed by atoms with E-state index in [-0.39, 0.29) is 6.54 Å². The third-order valence-corrected chi connectivity index (χ3v) is 1.74. The second kappa shape index (κ2) is 4.48. The van der Waals surface area contributed by atoms with E-state index in [1.54, 1.807) is 31.4 Å². The molecule has 0 spiro atoms. The van der Waals surface area contributed by atoms with Crippen LogP contribution in [0.1, 0.15) is 11.7 Å². The van der Waals surface area contributed by atoms with Crippen LogP contribution in [0.2, 0.25) is 0 Å². The van der Waals surface area contributed by atoms with Crippen molar-refractivity contribution in [3.63, 3.8) is 0 Å². The summed E-state index contributed by atoms with van der Waals surface area (Å²) >= 11 is 0. The fourth-order valence-electron chi connectivity index (χ4n) is 1.04. The van der Waals surface area contributed by atoms with E-state index in [1.807, 2.05) is 0 Å². The minimum absolute atomic E-state index is 0.0904. The molecule has 13 heavy (non-hydrogen) atoms. The molecule has 0 saturated carbocycles. The van der Waals surface area contributed by atoms with Gasteiger partial charge in [0.25, 0.3) is 0 Å². The molecule has 0 amide bonds. The molecule has 0 aliphatic heterocycles. The van der Waals surface area contributed by atoms with E-state index in [2.05, 4.69) is 4.85 Å². The fourth-order valence-corrected chi connectivity index (χ4v) is 1.04. The third kappa shape index (κ3) is 2.46. The molecule has 0 bridgehead atoms. The lowest BCUT2D eigenvalue weighted by atomic mass is 10.1.